The van der Waals surface area contributed by atoms with Gasteiger partial charge in [0.25, 0.3) is 0 Å². The van der Waals surface area contributed by atoms with E-state index in [0.29, 0.717) is 0 Å². The molecule has 0 amide bonds. The number of nitrogens with one attached hydrogen (secondary N) is 1. The maximum Gasteiger partial charge on any atom is 0.0197 e. The Morgan fingerprint density at radius 3 is 2.75 bits per heavy atom. The third-order valence-electron chi connectivity index (χ3n) is 4.17. The Balaban J connectivity index is 1.64. The maximum absolute atomic E-state index is 3.65. The lowest BCUT2D eigenvalue weighted by atomic mass is 9.83. The molecule has 2 heteroatoms. The predicted molar refractivity (Wildman–Crippen MR) is 69.6 cm³/mol. The number of hydrogen-bond acceptors (Lipinski definition) is 2. The fourth-order valence-corrected chi connectivity index (χ4v) is 2.97. The fourth-order valence-electron chi connectivity index (χ4n) is 2.97. The summed E-state index contributed by atoms with van der Waals surface area (Å²) in [5, 5.41) is 3.65. The van der Waals surface area contributed by atoms with Crippen LogP contribution in [0.15, 0.2) is 0 Å². The van der Waals surface area contributed by atoms with Gasteiger partial charge in [-0.15, -0.1) is 0 Å². The van der Waals surface area contributed by atoms with Gasteiger partial charge in [-0.3, -0.25) is 0 Å². The third kappa shape index (κ3) is 3.74. The Morgan fingerprint density at radius 1 is 1.31 bits per heavy atom. The first-order valence-corrected chi connectivity index (χ1v) is 7.20. The molecule has 1 N–H and O–H groups in total. The van der Waals surface area contributed by atoms with Gasteiger partial charge in [-0.2, -0.15) is 0 Å². The minimum absolute atomic E-state index is 0.746. The highest BCUT2D eigenvalue weighted by atomic mass is 15.2. The van der Waals surface area contributed by atoms with Crippen molar-refractivity contribution in [2.24, 2.45) is 11.8 Å². The van der Waals surface area contributed by atoms with Crippen molar-refractivity contribution < 1.29 is 0 Å². The van der Waals surface area contributed by atoms with Crippen molar-refractivity contribution in [3.8, 4) is 0 Å². The molecule has 0 aromatic heterocycles. The molecule has 16 heavy (non-hydrogen) atoms. The molecule has 2 nitrogen and oxygen atoms in total. The summed E-state index contributed by atoms with van der Waals surface area (Å²) in [6, 6.07) is 0.746. The smallest absolute Gasteiger partial charge is 0.0197 e. The molecule has 1 aliphatic carbocycles. The zero-order chi connectivity index (χ0) is 11.4. The first kappa shape index (κ1) is 12.4. The highest BCUT2D eigenvalue weighted by Crippen LogP contribution is 2.29. The van der Waals surface area contributed by atoms with E-state index in [1.165, 1.54) is 58.3 Å². The highest BCUT2D eigenvalue weighted by Gasteiger charge is 2.22. The average Bonchev–Trinajstić information content (AvgIpc) is 2.14. The number of nitrogens with zero attached hydrogens (tertiary/aromatic N) is 1. The minimum atomic E-state index is 0.746. The summed E-state index contributed by atoms with van der Waals surface area (Å²) in [5.41, 5.74) is 0. The van der Waals surface area contributed by atoms with Gasteiger partial charge >= 0.3 is 0 Å². The summed E-state index contributed by atoms with van der Waals surface area (Å²) in [5.74, 6) is 1.89. The normalized spacial score (nSPS) is 28.3. The summed E-state index contributed by atoms with van der Waals surface area (Å²) in [7, 11) is 0. The number of piperazine rings is 1. The molecule has 0 spiro atoms. The first-order valence-electron chi connectivity index (χ1n) is 7.20. The van der Waals surface area contributed by atoms with Gasteiger partial charge in [0.1, 0.15) is 0 Å². The van der Waals surface area contributed by atoms with Gasteiger partial charge < -0.3 is 10.2 Å². The standard InChI is InChI=1S/C14H28N2/c1-12(2)10-14-11-16(9-7-15-14)8-6-13-4-3-5-13/h12-15H,3-11H2,1-2H3. The second-order valence-electron chi connectivity index (χ2n) is 6.17. The topological polar surface area (TPSA) is 15.3 Å². The molecular formula is C14H28N2. The average molecular weight is 224 g/mol. The van der Waals surface area contributed by atoms with E-state index in [0.717, 1.165) is 17.9 Å². The summed E-state index contributed by atoms with van der Waals surface area (Å²) in [6.45, 7) is 9.75. The lowest BCUT2D eigenvalue weighted by Crippen LogP contribution is -2.51. The van der Waals surface area contributed by atoms with Crippen LogP contribution in [0.4, 0.5) is 0 Å². The summed E-state index contributed by atoms with van der Waals surface area (Å²) in [6.07, 6.45) is 7.28. The maximum atomic E-state index is 3.65. The van der Waals surface area contributed by atoms with Crippen LogP contribution in [0.25, 0.3) is 0 Å². The molecule has 1 heterocycles. The van der Waals surface area contributed by atoms with Gasteiger partial charge in [-0.05, 0) is 31.2 Å². The highest BCUT2D eigenvalue weighted by molar-refractivity contribution is 4.80. The summed E-state index contributed by atoms with van der Waals surface area (Å²) >= 11 is 0. The van der Waals surface area contributed by atoms with E-state index in [1.54, 1.807) is 0 Å². The molecule has 94 valence electrons. The van der Waals surface area contributed by atoms with Crippen LogP contribution in [0.2, 0.25) is 0 Å². The van der Waals surface area contributed by atoms with Crippen molar-refractivity contribution in [3.63, 3.8) is 0 Å². The van der Waals surface area contributed by atoms with E-state index in [2.05, 4.69) is 24.1 Å². The minimum Gasteiger partial charge on any atom is -0.311 e. The molecule has 0 aromatic rings. The lowest BCUT2D eigenvalue weighted by molar-refractivity contribution is 0.162. The molecule has 2 fully saturated rings. The van der Waals surface area contributed by atoms with E-state index in [4.69, 9.17) is 0 Å². The number of hydrogen-bond donors (Lipinski definition) is 1. The zero-order valence-corrected chi connectivity index (χ0v) is 11.0. The lowest BCUT2D eigenvalue weighted by Gasteiger charge is -2.36. The van der Waals surface area contributed by atoms with E-state index in [9.17, 15) is 0 Å². The van der Waals surface area contributed by atoms with E-state index >= 15 is 0 Å². The predicted octanol–water partition coefficient (Wildman–Crippen LogP) is 2.50. The summed E-state index contributed by atoms with van der Waals surface area (Å²) < 4.78 is 0. The van der Waals surface area contributed by atoms with Gasteiger partial charge in [-0.25, -0.2) is 0 Å². The van der Waals surface area contributed by atoms with Gasteiger partial charge in [0.05, 0.1) is 0 Å². The quantitative estimate of drug-likeness (QED) is 0.772. The molecule has 1 saturated heterocycles. The van der Waals surface area contributed by atoms with Crippen molar-refractivity contribution in [2.75, 3.05) is 26.2 Å². The van der Waals surface area contributed by atoms with Gasteiger partial charge in [0.2, 0.25) is 0 Å². The molecule has 2 rings (SSSR count). The van der Waals surface area contributed by atoms with Gasteiger partial charge in [0, 0.05) is 25.7 Å². The van der Waals surface area contributed by atoms with Crippen LogP contribution in [0.3, 0.4) is 0 Å². The molecule has 0 aromatic carbocycles. The molecular weight excluding hydrogens is 196 g/mol. The van der Waals surface area contributed by atoms with Crippen molar-refractivity contribution in [1.29, 1.82) is 0 Å². The van der Waals surface area contributed by atoms with Crippen LogP contribution < -0.4 is 5.32 Å². The molecule has 2 aliphatic rings. The van der Waals surface area contributed by atoms with Gasteiger partial charge in [0.15, 0.2) is 0 Å². The van der Waals surface area contributed by atoms with Crippen LogP contribution in [0.1, 0.15) is 46.0 Å². The monoisotopic (exact) mass is 224 g/mol. The van der Waals surface area contributed by atoms with E-state index in [-0.39, 0.29) is 0 Å². The Hall–Kier alpha value is -0.0800. The number of rotatable bonds is 5. The second-order valence-corrected chi connectivity index (χ2v) is 6.17. The largest absolute Gasteiger partial charge is 0.311 e. The van der Waals surface area contributed by atoms with Crippen molar-refractivity contribution in [2.45, 2.75) is 52.0 Å². The fraction of sp³-hybridized carbons (Fsp3) is 1.00. The van der Waals surface area contributed by atoms with Crippen LogP contribution in [0, 0.1) is 11.8 Å². The van der Waals surface area contributed by atoms with Crippen molar-refractivity contribution >= 4 is 0 Å². The zero-order valence-electron chi connectivity index (χ0n) is 11.0. The van der Waals surface area contributed by atoms with E-state index < -0.39 is 0 Å². The SMILES string of the molecule is CC(C)CC1CN(CCC2CCC2)CCN1. The second kappa shape index (κ2) is 6.02. The molecule has 1 atom stereocenters. The van der Waals surface area contributed by atoms with Gasteiger partial charge in [-0.1, -0.05) is 33.1 Å². The van der Waals surface area contributed by atoms with Crippen LogP contribution in [-0.2, 0) is 0 Å². The van der Waals surface area contributed by atoms with Crippen molar-refractivity contribution in [1.82, 2.24) is 10.2 Å². The third-order valence-corrected chi connectivity index (χ3v) is 4.17. The first-order chi connectivity index (χ1) is 7.74. The van der Waals surface area contributed by atoms with E-state index in [1.807, 2.05) is 0 Å². The molecule has 0 radical (unpaired) electrons. The van der Waals surface area contributed by atoms with Crippen LogP contribution >= 0.6 is 0 Å². The molecule has 1 unspecified atom stereocenters. The Bertz CT molecular complexity index is 199. The van der Waals surface area contributed by atoms with Crippen molar-refractivity contribution in [3.05, 3.63) is 0 Å². The molecule has 1 aliphatic heterocycles. The molecule has 1 saturated carbocycles. The Kier molecular flexibility index (Phi) is 4.66. The van der Waals surface area contributed by atoms with Crippen LogP contribution in [-0.4, -0.2) is 37.1 Å². The molecule has 0 bridgehead atoms. The van der Waals surface area contributed by atoms with Crippen LogP contribution in [0.5, 0.6) is 0 Å². The Morgan fingerprint density at radius 2 is 2.12 bits per heavy atom. The summed E-state index contributed by atoms with van der Waals surface area (Å²) in [4.78, 5) is 2.68. The Labute approximate surface area is 101 Å².